The van der Waals surface area contributed by atoms with Gasteiger partial charge >= 0.3 is 0 Å². The molecule has 1 aliphatic rings. The molecule has 0 saturated carbocycles. The molecule has 164 valence electrons. The highest BCUT2D eigenvalue weighted by molar-refractivity contribution is 7.89. The molecular weight excluding hydrogens is 436 g/mol. The number of hydrogen-bond acceptors (Lipinski definition) is 4. The lowest BCUT2D eigenvalue weighted by Crippen LogP contribution is -2.42. The Kier molecular flexibility index (Phi) is 5.85. The number of nitrogens with zero attached hydrogens (tertiary/aromatic N) is 1. The van der Waals surface area contributed by atoms with E-state index in [1.165, 1.54) is 0 Å². The number of anilines is 1. The second kappa shape index (κ2) is 8.30. The molecule has 6 nitrogen and oxygen atoms in total. The Morgan fingerprint density at radius 2 is 1.84 bits per heavy atom. The summed E-state index contributed by atoms with van der Waals surface area (Å²) < 4.78 is 33.8. The molecule has 0 unspecified atom stereocenters. The van der Waals surface area contributed by atoms with Gasteiger partial charge in [-0.05, 0) is 61.6 Å². The first kappa shape index (κ1) is 21.9. The summed E-state index contributed by atoms with van der Waals surface area (Å²) in [6.45, 7) is 6.93. The molecular formula is C23H25ClN2O4S. The van der Waals surface area contributed by atoms with Crippen LogP contribution in [0.5, 0.6) is 0 Å². The lowest BCUT2D eigenvalue weighted by atomic mass is 9.94. The second-order valence-corrected chi connectivity index (χ2v) is 10.8. The van der Waals surface area contributed by atoms with Crippen LogP contribution >= 0.6 is 11.6 Å². The van der Waals surface area contributed by atoms with Crippen molar-refractivity contribution in [1.82, 2.24) is 4.31 Å². The van der Waals surface area contributed by atoms with Crippen LogP contribution in [0.1, 0.15) is 36.4 Å². The molecule has 2 heterocycles. The standard InChI is InChI=1S/C23H25ClN2O4S/c1-14-9-15(2)13-26(12-14)31(28,29)19-7-8-21-20(11-19)16(3)22(30-21)23(27)25-18-6-4-5-17(24)10-18/h4-8,10-11,14-15H,9,12-13H2,1-3H3,(H,25,27)/t14-,15-/m1/s1. The summed E-state index contributed by atoms with van der Waals surface area (Å²) in [5.74, 6) is 0.364. The van der Waals surface area contributed by atoms with Gasteiger partial charge in [0.15, 0.2) is 5.76 Å². The molecule has 1 aliphatic heterocycles. The van der Waals surface area contributed by atoms with Crippen molar-refractivity contribution in [3.05, 3.63) is 58.8 Å². The molecule has 0 aliphatic carbocycles. The second-order valence-electron chi connectivity index (χ2n) is 8.45. The van der Waals surface area contributed by atoms with E-state index in [0.717, 1.165) is 6.42 Å². The van der Waals surface area contributed by atoms with Gasteiger partial charge in [-0.3, -0.25) is 4.79 Å². The summed E-state index contributed by atoms with van der Waals surface area (Å²) in [7, 11) is -3.62. The first-order chi connectivity index (χ1) is 14.6. The smallest absolute Gasteiger partial charge is 0.291 e. The average Bonchev–Trinajstić information content (AvgIpc) is 3.03. The van der Waals surface area contributed by atoms with E-state index < -0.39 is 15.9 Å². The lowest BCUT2D eigenvalue weighted by Gasteiger charge is -2.34. The zero-order chi connectivity index (χ0) is 22.3. The molecule has 1 amide bonds. The van der Waals surface area contributed by atoms with E-state index in [9.17, 15) is 13.2 Å². The SMILES string of the molecule is Cc1c(C(=O)Nc2cccc(Cl)c2)oc2ccc(S(=O)(=O)N3C[C@H](C)C[C@@H](C)C3)cc12. The maximum absolute atomic E-state index is 13.3. The fraction of sp³-hybridized carbons (Fsp3) is 0.348. The molecule has 3 aromatic rings. The molecule has 0 bridgehead atoms. The monoisotopic (exact) mass is 460 g/mol. The Labute approximate surface area is 187 Å². The van der Waals surface area contributed by atoms with E-state index in [-0.39, 0.29) is 10.7 Å². The van der Waals surface area contributed by atoms with Gasteiger partial charge in [0.05, 0.1) is 4.90 Å². The number of hydrogen-bond donors (Lipinski definition) is 1. The maximum atomic E-state index is 13.3. The Hall–Kier alpha value is -2.35. The van der Waals surface area contributed by atoms with Crippen molar-refractivity contribution < 1.29 is 17.6 Å². The zero-order valence-corrected chi connectivity index (χ0v) is 19.3. The molecule has 31 heavy (non-hydrogen) atoms. The minimum atomic E-state index is -3.62. The number of amides is 1. The van der Waals surface area contributed by atoms with Crippen molar-refractivity contribution in [2.75, 3.05) is 18.4 Å². The van der Waals surface area contributed by atoms with Gasteiger partial charge in [-0.2, -0.15) is 4.31 Å². The number of carbonyl (C=O) groups excluding carboxylic acids is 1. The number of carbonyl (C=O) groups is 1. The van der Waals surface area contributed by atoms with Gasteiger partial charge in [-0.1, -0.05) is 31.5 Å². The van der Waals surface area contributed by atoms with Crippen LogP contribution in [0.4, 0.5) is 5.69 Å². The lowest BCUT2D eigenvalue weighted by molar-refractivity contribution is 0.0998. The number of nitrogens with one attached hydrogen (secondary N) is 1. The number of aryl methyl sites for hydroxylation is 1. The fourth-order valence-corrected chi connectivity index (χ4v) is 6.18. The number of rotatable bonds is 4. The first-order valence-corrected chi connectivity index (χ1v) is 12.1. The number of furan rings is 1. The predicted molar refractivity (Wildman–Crippen MR) is 122 cm³/mol. The van der Waals surface area contributed by atoms with Gasteiger partial charge in [0.1, 0.15) is 5.58 Å². The summed E-state index contributed by atoms with van der Waals surface area (Å²) >= 11 is 5.98. The zero-order valence-electron chi connectivity index (χ0n) is 17.7. The minimum absolute atomic E-state index is 0.143. The van der Waals surface area contributed by atoms with Crippen LogP contribution in [-0.2, 0) is 10.0 Å². The van der Waals surface area contributed by atoms with E-state index in [1.807, 2.05) is 0 Å². The van der Waals surface area contributed by atoms with E-state index >= 15 is 0 Å². The normalized spacial score (nSPS) is 20.1. The Bertz CT molecular complexity index is 1240. The van der Waals surface area contributed by atoms with Crippen LogP contribution in [0, 0.1) is 18.8 Å². The summed E-state index contributed by atoms with van der Waals surface area (Å²) in [5.41, 5.74) is 1.61. The maximum Gasteiger partial charge on any atom is 0.291 e. The Morgan fingerprint density at radius 1 is 1.13 bits per heavy atom. The van der Waals surface area contributed by atoms with Crippen LogP contribution in [0.3, 0.4) is 0 Å². The van der Waals surface area contributed by atoms with Gasteiger partial charge in [-0.25, -0.2) is 8.42 Å². The minimum Gasteiger partial charge on any atom is -0.451 e. The largest absolute Gasteiger partial charge is 0.451 e. The van der Waals surface area contributed by atoms with Crippen molar-refractivity contribution in [3.8, 4) is 0 Å². The van der Waals surface area contributed by atoms with Crippen molar-refractivity contribution in [2.45, 2.75) is 32.1 Å². The van der Waals surface area contributed by atoms with E-state index in [0.29, 0.717) is 52.2 Å². The molecule has 4 rings (SSSR count). The van der Waals surface area contributed by atoms with Crippen LogP contribution in [-0.4, -0.2) is 31.7 Å². The number of benzene rings is 2. The fourth-order valence-electron chi connectivity index (χ4n) is 4.28. The Balaban J connectivity index is 1.65. The van der Waals surface area contributed by atoms with Crippen LogP contribution in [0.2, 0.25) is 5.02 Å². The summed E-state index contributed by atoms with van der Waals surface area (Å²) in [4.78, 5) is 13.0. The highest BCUT2D eigenvalue weighted by atomic mass is 35.5. The third-order valence-corrected chi connectivity index (χ3v) is 7.73. The highest BCUT2D eigenvalue weighted by Gasteiger charge is 2.32. The van der Waals surface area contributed by atoms with Crippen LogP contribution in [0.25, 0.3) is 11.0 Å². The molecule has 2 aromatic carbocycles. The third-order valence-electron chi connectivity index (χ3n) is 5.67. The van der Waals surface area contributed by atoms with Crippen molar-refractivity contribution in [1.29, 1.82) is 0 Å². The van der Waals surface area contributed by atoms with Gasteiger partial charge in [0.2, 0.25) is 10.0 Å². The van der Waals surface area contributed by atoms with Crippen molar-refractivity contribution >= 4 is 44.2 Å². The first-order valence-electron chi connectivity index (χ1n) is 10.3. The summed E-state index contributed by atoms with van der Waals surface area (Å²) in [5, 5.41) is 3.88. The molecule has 1 N–H and O–H groups in total. The van der Waals surface area contributed by atoms with Gasteiger partial charge < -0.3 is 9.73 Å². The Morgan fingerprint density at radius 3 is 2.52 bits per heavy atom. The van der Waals surface area contributed by atoms with Gasteiger partial charge in [-0.15, -0.1) is 0 Å². The van der Waals surface area contributed by atoms with E-state index in [2.05, 4.69) is 19.2 Å². The quantitative estimate of drug-likeness (QED) is 0.571. The highest BCUT2D eigenvalue weighted by Crippen LogP contribution is 2.31. The van der Waals surface area contributed by atoms with Crippen molar-refractivity contribution in [2.24, 2.45) is 11.8 Å². The molecule has 8 heteroatoms. The van der Waals surface area contributed by atoms with E-state index in [4.69, 9.17) is 16.0 Å². The van der Waals surface area contributed by atoms with Crippen molar-refractivity contribution in [3.63, 3.8) is 0 Å². The molecule has 0 spiro atoms. The average molecular weight is 461 g/mol. The number of piperidine rings is 1. The predicted octanol–water partition coefficient (Wildman–Crippen LogP) is 5.31. The van der Waals surface area contributed by atoms with Gasteiger partial charge in [0.25, 0.3) is 5.91 Å². The molecule has 2 atom stereocenters. The topological polar surface area (TPSA) is 79.6 Å². The van der Waals surface area contributed by atoms with Crippen LogP contribution in [0.15, 0.2) is 51.8 Å². The molecule has 0 radical (unpaired) electrons. The number of sulfonamides is 1. The number of halogens is 1. The summed E-state index contributed by atoms with van der Waals surface area (Å²) in [6.07, 6.45) is 1.02. The van der Waals surface area contributed by atoms with Gasteiger partial charge in [0, 0.05) is 34.7 Å². The number of fused-ring (bicyclic) bond motifs is 1. The molecule has 1 fully saturated rings. The van der Waals surface area contributed by atoms with E-state index in [1.54, 1.807) is 53.7 Å². The molecule has 1 saturated heterocycles. The van der Waals surface area contributed by atoms with Crippen LogP contribution < -0.4 is 5.32 Å². The summed E-state index contributed by atoms with van der Waals surface area (Å²) in [6, 6.07) is 11.6. The third kappa shape index (κ3) is 4.35. The molecule has 1 aromatic heterocycles.